The first-order valence-electron chi connectivity index (χ1n) is 5.96. The number of fused-ring (bicyclic) bond motifs is 1. The molecule has 92 valence electrons. The van der Waals surface area contributed by atoms with Crippen LogP contribution in [0.1, 0.15) is 21.6 Å². The molecule has 3 rings (SSSR count). The first-order chi connectivity index (χ1) is 8.77. The zero-order chi connectivity index (χ0) is 12.5. The molecular weight excluding hydrogens is 231 g/mol. The summed E-state index contributed by atoms with van der Waals surface area (Å²) in [6.45, 7) is 1.62. The summed E-state index contributed by atoms with van der Waals surface area (Å²) in [4.78, 5) is 12.3. The fourth-order valence-electron chi connectivity index (χ4n) is 2.33. The van der Waals surface area contributed by atoms with Gasteiger partial charge in [0.05, 0.1) is 5.56 Å². The Morgan fingerprint density at radius 2 is 2.11 bits per heavy atom. The highest BCUT2D eigenvalue weighted by Gasteiger charge is 2.19. The molecule has 0 unspecified atom stereocenters. The molecule has 18 heavy (non-hydrogen) atoms. The molecule has 4 heteroatoms. The van der Waals surface area contributed by atoms with Crippen LogP contribution in [0.15, 0.2) is 36.5 Å². The number of nitrogens with zero attached hydrogens (tertiary/aromatic N) is 1. The summed E-state index contributed by atoms with van der Waals surface area (Å²) in [5, 5.41) is 3.25. The summed E-state index contributed by atoms with van der Waals surface area (Å²) < 4.78 is 15.2. The van der Waals surface area contributed by atoms with Crippen LogP contribution in [0.2, 0.25) is 0 Å². The van der Waals surface area contributed by atoms with E-state index in [1.54, 1.807) is 22.9 Å². The van der Waals surface area contributed by atoms with E-state index in [0.29, 0.717) is 0 Å². The van der Waals surface area contributed by atoms with Gasteiger partial charge in [0, 0.05) is 31.4 Å². The average Bonchev–Trinajstić information content (AvgIpc) is 2.82. The SMILES string of the molecule is O=C(c1ccccc1F)n1ccc2c1CCNC2. The molecule has 1 aliphatic rings. The molecular formula is C14H13FN2O. The lowest BCUT2D eigenvalue weighted by molar-refractivity contribution is 0.0953. The van der Waals surface area contributed by atoms with Crippen LogP contribution < -0.4 is 5.32 Å². The Kier molecular flexibility index (Phi) is 2.72. The Morgan fingerprint density at radius 3 is 2.94 bits per heavy atom. The molecule has 0 bridgehead atoms. The highest BCUT2D eigenvalue weighted by Crippen LogP contribution is 2.18. The number of benzene rings is 1. The molecule has 0 amide bonds. The maximum absolute atomic E-state index is 13.6. The van der Waals surface area contributed by atoms with Crippen molar-refractivity contribution >= 4 is 5.91 Å². The second-order valence-electron chi connectivity index (χ2n) is 4.37. The third-order valence-corrected chi connectivity index (χ3v) is 3.26. The van der Waals surface area contributed by atoms with Crippen molar-refractivity contribution in [1.29, 1.82) is 0 Å². The van der Waals surface area contributed by atoms with E-state index < -0.39 is 5.82 Å². The van der Waals surface area contributed by atoms with E-state index in [0.717, 1.165) is 30.8 Å². The third-order valence-electron chi connectivity index (χ3n) is 3.26. The van der Waals surface area contributed by atoms with Crippen molar-refractivity contribution < 1.29 is 9.18 Å². The molecule has 1 N–H and O–H groups in total. The molecule has 1 aromatic heterocycles. The summed E-state index contributed by atoms with van der Waals surface area (Å²) in [6, 6.07) is 8.01. The van der Waals surface area contributed by atoms with Crippen LogP contribution in [0.25, 0.3) is 0 Å². The lowest BCUT2D eigenvalue weighted by Crippen LogP contribution is -2.26. The van der Waals surface area contributed by atoms with E-state index in [1.165, 1.54) is 12.1 Å². The normalized spacial score (nSPS) is 14.3. The monoisotopic (exact) mass is 244 g/mol. The maximum atomic E-state index is 13.6. The predicted octanol–water partition coefficient (Wildman–Crippen LogP) is 1.96. The number of aromatic nitrogens is 1. The van der Waals surface area contributed by atoms with E-state index >= 15 is 0 Å². The van der Waals surface area contributed by atoms with Crippen molar-refractivity contribution in [3.8, 4) is 0 Å². The van der Waals surface area contributed by atoms with Crippen molar-refractivity contribution in [2.75, 3.05) is 6.54 Å². The molecule has 0 fully saturated rings. The highest BCUT2D eigenvalue weighted by molar-refractivity contribution is 5.96. The molecule has 2 aromatic rings. The number of hydrogen-bond donors (Lipinski definition) is 1. The summed E-state index contributed by atoms with van der Waals surface area (Å²) in [7, 11) is 0. The highest BCUT2D eigenvalue weighted by atomic mass is 19.1. The number of halogens is 1. The molecule has 0 saturated heterocycles. The van der Waals surface area contributed by atoms with Crippen molar-refractivity contribution in [3.63, 3.8) is 0 Å². The zero-order valence-electron chi connectivity index (χ0n) is 9.82. The summed E-state index contributed by atoms with van der Waals surface area (Å²) in [6.07, 6.45) is 2.52. The minimum absolute atomic E-state index is 0.120. The number of carbonyl (C=O) groups is 1. The minimum Gasteiger partial charge on any atom is -0.312 e. The smallest absolute Gasteiger partial charge is 0.265 e. The van der Waals surface area contributed by atoms with Crippen molar-refractivity contribution in [2.24, 2.45) is 0 Å². The fourth-order valence-corrected chi connectivity index (χ4v) is 2.33. The first-order valence-corrected chi connectivity index (χ1v) is 5.96. The standard InChI is InChI=1S/C14H13FN2O/c15-12-4-2-1-3-11(12)14(18)17-8-6-10-9-16-7-5-13(10)17/h1-4,6,8,16H,5,7,9H2. The number of hydrogen-bond acceptors (Lipinski definition) is 2. The lowest BCUT2D eigenvalue weighted by Gasteiger charge is -2.16. The van der Waals surface area contributed by atoms with Gasteiger partial charge in [-0.15, -0.1) is 0 Å². The second-order valence-corrected chi connectivity index (χ2v) is 4.37. The topological polar surface area (TPSA) is 34.0 Å². The largest absolute Gasteiger partial charge is 0.312 e. The molecule has 0 saturated carbocycles. The van der Waals surface area contributed by atoms with Gasteiger partial charge >= 0.3 is 0 Å². The Labute approximate surface area is 104 Å². The van der Waals surface area contributed by atoms with Crippen LogP contribution in [0.3, 0.4) is 0 Å². The molecule has 1 aromatic carbocycles. The quantitative estimate of drug-likeness (QED) is 0.832. The molecule has 3 nitrogen and oxygen atoms in total. The van der Waals surface area contributed by atoms with E-state index in [2.05, 4.69) is 5.32 Å². The Hall–Kier alpha value is -1.94. The average molecular weight is 244 g/mol. The Bertz CT molecular complexity index is 604. The van der Waals surface area contributed by atoms with Crippen molar-refractivity contribution in [2.45, 2.75) is 13.0 Å². The van der Waals surface area contributed by atoms with Crippen LogP contribution in [-0.4, -0.2) is 17.0 Å². The van der Waals surface area contributed by atoms with Crippen molar-refractivity contribution in [3.05, 3.63) is 59.2 Å². The van der Waals surface area contributed by atoms with Crippen LogP contribution in [0.5, 0.6) is 0 Å². The Balaban J connectivity index is 2.03. The van der Waals surface area contributed by atoms with Gasteiger partial charge in [-0.1, -0.05) is 12.1 Å². The van der Waals surface area contributed by atoms with Gasteiger partial charge in [0.15, 0.2) is 0 Å². The van der Waals surface area contributed by atoms with Gasteiger partial charge in [0.2, 0.25) is 0 Å². The van der Waals surface area contributed by atoms with Crippen molar-refractivity contribution in [1.82, 2.24) is 9.88 Å². The van der Waals surface area contributed by atoms with Gasteiger partial charge in [-0.05, 0) is 23.8 Å². The summed E-state index contributed by atoms with van der Waals surface area (Å²) in [5.74, 6) is -0.768. The van der Waals surface area contributed by atoms with Gasteiger partial charge in [-0.2, -0.15) is 0 Å². The summed E-state index contributed by atoms with van der Waals surface area (Å²) in [5.41, 5.74) is 2.22. The molecule has 0 spiro atoms. The van der Waals surface area contributed by atoms with Crippen LogP contribution >= 0.6 is 0 Å². The third kappa shape index (κ3) is 1.75. The zero-order valence-corrected chi connectivity index (χ0v) is 9.82. The molecule has 0 radical (unpaired) electrons. The molecule has 1 aliphatic heterocycles. The van der Waals surface area contributed by atoms with Gasteiger partial charge < -0.3 is 5.32 Å². The van der Waals surface area contributed by atoms with Crippen LogP contribution in [0.4, 0.5) is 4.39 Å². The maximum Gasteiger partial charge on any atom is 0.265 e. The molecule has 2 heterocycles. The summed E-state index contributed by atoms with van der Waals surface area (Å²) >= 11 is 0. The van der Waals surface area contributed by atoms with Gasteiger partial charge in [0.25, 0.3) is 5.91 Å². The van der Waals surface area contributed by atoms with E-state index in [-0.39, 0.29) is 11.5 Å². The van der Waals surface area contributed by atoms with Gasteiger partial charge in [-0.3, -0.25) is 9.36 Å². The Morgan fingerprint density at radius 1 is 1.28 bits per heavy atom. The first kappa shape index (κ1) is 11.2. The number of rotatable bonds is 1. The second kappa shape index (κ2) is 4.38. The van der Waals surface area contributed by atoms with E-state index in [4.69, 9.17) is 0 Å². The number of carbonyl (C=O) groups excluding carboxylic acids is 1. The van der Waals surface area contributed by atoms with E-state index in [1.807, 2.05) is 6.07 Å². The number of nitrogens with one attached hydrogen (secondary N) is 1. The minimum atomic E-state index is -0.473. The van der Waals surface area contributed by atoms with Gasteiger partial charge in [-0.25, -0.2) is 4.39 Å². The predicted molar refractivity (Wildman–Crippen MR) is 66.0 cm³/mol. The van der Waals surface area contributed by atoms with Crippen LogP contribution in [0, 0.1) is 5.82 Å². The fraction of sp³-hybridized carbons (Fsp3) is 0.214. The lowest BCUT2D eigenvalue weighted by atomic mass is 10.1. The molecule has 0 atom stereocenters. The van der Waals surface area contributed by atoms with Gasteiger partial charge in [0.1, 0.15) is 5.82 Å². The van der Waals surface area contributed by atoms with E-state index in [9.17, 15) is 9.18 Å². The van der Waals surface area contributed by atoms with Crippen LogP contribution in [-0.2, 0) is 13.0 Å². The molecule has 0 aliphatic carbocycles.